The van der Waals surface area contributed by atoms with Crippen LogP contribution >= 0.6 is 34.2 Å². The number of aromatic nitrogens is 3. The van der Waals surface area contributed by atoms with Gasteiger partial charge in [0.05, 0.1) is 94.0 Å². The predicted molar refractivity (Wildman–Crippen MR) is 174 cm³/mol. The van der Waals surface area contributed by atoms with E-state index in [0.717, 1.165) is 12.6 Å². The van der Waals surface area contributed by atoms with Crippen molar-refractivity contribution in [1.82, 2.24) is 24.8 Å². The number of hydrogen-bond acceptors (Lipinski definition) is 12. The van der Waals surface area contributed by atoms with Crippen LogP contribution in [0.4, 0.5) is 30.6 Å². The summed E-state index contributed by atoms with van der Waals surface area (Å²) in [5.41, 5.74) is -0.510. The second kappa shape index (κ2) is 13.1. The van der Waals surface area contributed by atoms with E-state index in [1.165, 1.54) is 4.90 Å². The molecular formula is C28H31F3IN7O5S2. The Hall–Kier alpha value is -2.65. The number of thiophene rings is 1. The van der Waals surface area contributed by atoms with Gasteiger partial charge in [-0.2, -0.15) is 13.2 Å². The molecule has 1 atom stereocenters. The van der Waals surface area contributed by atoms with Gasteiger partial charge in [0.25, 0.3) is 5.91 Å². The highest BCUT2D eigenvalue weighted by Gasteiger charge is 2.41. The number of halogens is 4. The van der Waals surface area contributed by atoms with Crippen LogP contribution in [0.15, 0.2) is 29.3 Å². The van der Waals surface area contributed by atoms with Gasteiger partial charge in [0.15, 0.2) is 9.84 Å². The van der Waals surface area contributed by atoms with Crippen LogP contribution in [0, 0.1) is 0 Å². The second-order valence-electron chi connectivity index (χ2n) is 11.2. The highest BCUT2D eigenvalue weighted by atomic mass is 127. The van der Waals surface area contributed by atoms with Gasteiger partial charge in [0, 0.05) is 25.8 Å². The van der Waals surface area contributed by atoms with E-state index in [1.807, 2.05) is 10.0 Å². The van der Waals surface area contributed by atoms with Gasteiger partial charge in [0.1, 0.15) is 16.3 Å². The molecule has 0 aliphatic carbocycles. The van der Waals surface area contributed by atoms with Crippen molar-refractivity contribution >= 4 is 67.4 Å². The number of anilines is 3. The molecule has 0 aromatic carbocycles. The third kappa shape index (κ3) is 6.69. The van der Waals surface area contributed by atoms with E-state index < -0.39 is 33.2 Å². The number of amides is 1. The van der Waals surface area contributed by atoms with Crippen LogP contribution in [0.25, 0.3) is 10.6 Å². The number of alkyl halides is 3. The number of fused-ring (bicyclic) bond motifs is 1. The summed E-state index contributed by atoms with van der Waals surface area (Å²) in [7, 11) is -1.89. The predicted octanol–water partition coefficient (Wildman–Crippen LogP) is 4.04. The average molecular weight is 794 g/mol. The smallest absolute Gasteiger partial charge is 0.378 e. The summed E-state index contributed by atoms with van der Waals surface area (Å²) in [4.78, 5) is 29.4. The van der Waals surface area contributed by atoms with Gasteiger partial charge in [-0.15, -0.1) is 11.3 Å². The Morgan fingerprint density at radius 1 is 1.17 bits per heavy atom. The van der Waals surface area contributed by atoms with Gasteiger partial charge in [-0.1, -0.05) is 6.92 Å². The molecule has 46 heavy (non-hydrogen) atoms. The number of hydrogen-bond donors (Lipinski definition) is 1. The van der Waals surface area contributed by atoms with Crippen molar-refractivity contribution < 1.29 is 35.9 Å². The Labute approximate surface area is 281 Å². The molecule has 0 spiro atoms. The number of nitrogens with zero attached hydrogens (tertiary/aromatic N) is 6. The van der Waals surface area contributed by atoms with E-state index in [1.54, 1.807) is 12.1 Å². The average Bonchev–Trinajstić information content (AvgIpc) is 3.42. The van der Waals surface area contributed by atoms with Gasteiger partial charge in [-0.05, 0) is 31.7 Å². The number of carbonyl (C=O) groups excluding carboxylic acids is 1. The second-order valence-corrected chi connectivity index (χ2v) is 15.5. The summed E-state index contributed by atoms with van der Waals surface area (Å²) in [5.74, 6) is -0.314. The summed E-state index contributed by atoms with van der Waals surface area (Å²) in [6.45, 7) is 5.27. The Bertz CT molecular complexity index is 1740. The Morgan fingerprint density at radius 2 is 1.96 bits per heavy atom. The molecule has 3 aromatic heterocycles. The molecule has 2 fully saturated rings. The molecule has 0 bridgehead atoms. The van der Waals surface area contributed by atoms with Crippen molar-refractivity contribution in [3.63, 3.8) is 0 Å². The van der Waals surface area contributed by atoms with Crippen molar-refractivity contribution in [2.45, 2.75) is 36.5 Å². The molecule has 3 aromatic rings. The summed E-state index contributed by atoms with van der Waals surface area (Å²) < 4.78 is 81.6. The topological polar surface area (TPSA) is 130 Å². The fourth-order valence-electron chi connectivity index (χ4n) is 5.36. The number of nitrogens with one attached hydrogen (secondary N) is 1. The zero-order valence-corrected chi connectivity index (χ0v) is 28.7. The Kier molecular flexibility index (Phi) is 9.47. The number of sulfone groups is 1. The molecule has 1 unspecified atom stereocenters. The van der Waals surface area contributed by atoms with Crippen LogP contribution in [0.1, 0.15) is 27.9 Å². The maximum atomic E-state index is 14.2. The standard InChI is InChI=1S/C28H31F3IN7O5S2/c1-3-19-20(4-5-23(34-19)39(32)12-16-13-43-8-6-37(16)2)35-27-33-11-18(28(29,30)31)24(36-27)21-10-22-25(45-21)26(40)38(17-14-44-15-17)7-9-46(22,41)42/h4-5,10-11,16-17H,3,6-9,12-15H2,1-2H3,(H,33,35,36). The van der Waals surface area contributed by atoms with Crippen LogP contribution in [0.3, 0.4) is 0 Å². The van der Waals surface area contributed by atoms with E-state index in [9.17, 15) is 26.4 Å². The Morgan fingerprint density at radius 3 is 2.63 bits per heavy atom. The largest absolute Gasteiger partial charge is 0.420 e. The molecule has 0 radical (unpaired) electrons. The van der Waals surface area contributed by atoms with E-state index in [2.05, 4.69) is 50.1 Å². The summed E-state index contributed by atoms with van der Waals surface area (Å²) in [5, 5.41) is 3.00. The Balaban J connectivity index is 1.31. The van der Waals surface area contributed by atoms with Crippen LogP contribution < -0.4 is 8.43 Å². The number of rotatable bonds is 8. The maximum Gasteiger partial charge on any atom is 0.420 e. The van der Waals surface area contributed by atoms with Crippen LogP contribution in [-0.4, -0.2) is 110 Å². The van der Waals surface area contributed by atoms with Gasteiger partial charge < -0.3 is 19.7 Å². The molecule has 3 aliphatic rings. The van der Waals surface area contributed by atoms with Gasteiger partial charge >= 0.3 is 6.18 Å². The minimum Gasteiger partial charge on any atom is -0.378 e. The van der Waals surface area contributed by atoms with E-state index in [0.29, 0.717) is 60.9 Å². The van der Waals surface area contributed by atoms with Crippen LogP contribution in [0.2, 0.25) is 0 Å². The number of aryl methyl sites for hydroxylation is 1. The highest BCUT2D eigenvalue weighted by Crippen LogP contribution is 2.42. The minimum atomic E-state index is -4.84. The third-order valence-electron chi connectivity index (χ3n) is 8.16. The van der Waals surface area contributed by atoms with E-state index in [-0.39, 0.29) is 58.2 Å². The molecule has 18 heteroatoms. The first kappa shape index (κ1) is 33.3. The lowest BCUT2D eigenvalue weighted by Crippen LogP contribution is -2.52. The molecule has 3 aliphatic heterocycles. The lowest BCUT2D eigenvalue weighted by Gasteiger charge is -2.36. The SMILES string of the molecule is CCc1nc(N(I)CC2COCCN2C)ccc1Nc1ncc(C(F)(F)F)c(-c2cc3c(s2)C(=O)N(C2COC2)CCS3(=O)=O)n1. The lowest BCUT2D eigenvalue weighted by molar-refractivity contribution is -0.137. The molecule has 2 saturated heterocycles. The number of carbonyl (C=O) groups is 1. The third-order valence-corrected chi connectivity index (χ3v) is 12.0. The first-order valence-corrected chi connectivity index (χ1v) is 18.0. The number of likely N-dealkylation sites (N-methyl/N-ethyl adjacent to an activating group) is 1. The number of morpholine rings is 1. The van der Waals surface area contributed by atoms with Gasteiger partial charge in [-0.3, -0.25) is 12.8 Å². The fourth-order valence-corrected chi connectivity index (χ4v) is 9.00. The van der Waals surface area contributed by atoms with Crippen molar-refractivity contribution in [2.24, 2.45) is 0 Å². The molecular weight excluding hydrogens is 762 g/mol. The summed E-state index contributed by atoms with van der Waals surface area (Å²) in [6.07, 6.45) is -3.67. The van der Waals surface area contributed by atoms with Crippen molar-refractivity contribution in [3.05, 3.63) is 40.5 Å². The van der Waals surface area contributed by atoms with Crippen LogP contribution in [-0.2, 0) is 31.9 Å². The number of pyridine rings is 1. The summed E-state index contributed by atoms with van der Waals surface area (Å²) >= 11 is 2.88. The van der Waals surface area contributed by atoms with Crippen LogP contribution in [0.5, 0.6) is 0 Å². The highest BCUT2D eigenvalue weighted by molar-refractivity contribution is 14.1. The molecule has 12 nitrogen and oxygen atoms in total. The maximum absolute atomic E-state index is 14.2. The van der Waals surface area contributed by atoms with Crippen molar-refractivity contribution in [3.8, 4) is 10.6 Å². The summed E-state index contributed by atoms with van der Waals surface area (Å²) in [6, 6.07) is 4.60. The lowest BCUT2D eigenvalue weighted by atomic mass is 10.2. The fraction of sp³-hybridized carbons (Fsp3) is 0.500. The molecule has 6 rings (SSSR count). The zero-order valence-electron chi connectivity index (χ0n) is 24.9. The normalized spacial score (nSPS) is 20.6. The quantitative estimate of drug-likeness (QED) is 0.262. The van der Waals surface area contributed by atoms with E-state index in [4.69, 9.17) is 14.5 Å². The molecule has 6 heterocycles. The molecule has 248 valence electrons. The zero-order chi connectivity index (χ0) is 32.8. The molecule has 1 amide bonds. The minimum absolute atomic E-state index is 0.0186. The van der Waals surface area contributed by atoms with E-state index >= 15 is 0 Å². The molecule has 0 saturated carbocycles. The monoisotopic (exact) mass is 793 g/mol. The van der Waals surface area contributed by atoms with Crippen molar-refractivity contribution in [2.75, 3.05) is 67.3 Å². The van der Waals surface area contributed by atoms with Gasteiger partial charge in [0.2, 0.25) is 5.95 Å². The van der Waals surface area contributed by atoms with Gasteiger partial charge in [-0.25, -0.2) is 23.4 Å². The van der Waals surface area contributed by atoms with Crippen molar-refractivity contribution in [1.29, 1.82) is 0 Å². The first-order valence-electron chi connectivity index (χ1n) is 14.5. The first-order chi connectivity index (χ1) is 21.9. The number of ether oxygens (including phenoxy) is 2. The molecule has 1 N–H and O–H groups in total.